The SMILES string of the molecule is COc1ccc(C=CC(=O)O)cc1OCCN1CCCCC1. The molecule has 1 heterocycles. The van der Waals surface area contributed by atoms with Crippen LogP contribution >= 0.6 is 0 Å². The fourth-order valence-electron chi connectivity index (χ4n) is 2.54. The van der Waals surface area contributed by atoms with Crippen LogP contribution in [0.2, 0.25) is 0 Å². The molecule has 0 unspecified atom stereocenters. The molecule has 5 nitrogen and oxygen atoms in total. The summed E-state index contributed by atoms with van der Waals surface area (Å²) < 4.78 is 11.1. The highest BCUT2D eigenvalue weighted by Crippen LogP contribution is 2.28. The maximum Gasteiger partial charge on any atom is 0.328 e. The number of nitrogens with zero attached hydrogens (tertiary/aromatic N) is 1. The van der Waals surface area contributed by atoms with Gasteiger partial charge < -0.3 is 14.6 Å². The molecule has 120 valence electrons. The Hall–Kier alpha value is -2.01. The molecule has 5 heteroatoms. The zero-order chi connectivity index (χ0) is 15.8. The van der Waals surface area contributed by atoms with Gasteiger partial charge in [-0.2, -0.15) is 0 Å². The standard InChI is InChI=1S/C17H23NO4/c1-21-15-7-5-14(6-8-17(19)20)13-16(15)22-12-11-18-9-3-2-4-10-18/h5-8,13H,2-4,9-12H2,1H3,(H,19,20). The Morgan fingerprint density at radius 3 is 2.73 bits per heavy atom. The molecule has 1 aromatic carbocycles. The predicted molar refractivity (Wildman–Crippen MR) is 85.4 cm³/mol. The van der Waals surface area contributed by atoms with Crippen LogP contribution in [0.25, 0.3) is 6.08 Å². The second-order valence-electron chi connectivity index (χ2n) is 5.33. The number of rotatable bonds is 7. The van der Waals surface area contributed by atoms with E-state index < -0.39 is 5.97 Å². The van der Waals surface area contributed by atoms with Crippen molar-refractivity contribution in [2.24, 2.45) is 0 Å². The lowest BCUT2D eigenvalue weighted by molar-refractivity contribution is -0.131. The van der Waals surface area contributed by atoms with Gasteiger partial charge in [-0.05, 0) is 49.7 Å². The highest BCUT2D eigenvalue weighted by atomic mass is 16.5. The van der Waals surface area contributed by atoms with Gasteiger partial charge in [-0.15, -0.1) is 0 Å². The van der Waals surface area contributed by atoms with Gasteiger partial charge in [-0.25, -0.2) is 4.79 Å². The Bertz CT molecular complexity index is 521. The summed E-state index contributed by atoms with van der Waals surface area (Å²) in [7, 11) is 1.60. The first kappa shape index (κ1) is 16.4. The Morgan fingerprint density at radius 2 is 2.05 bits per heavy atom. The minimum atomic E-state index is -0.969. The fraction of sp³-hybridized carbons (Fsp3) is 0.471. The summed E-state index contributed by atoms with van der Waals surface area (Å²) in [5.74, 6) is 0.335. The van der Waals surface area contributed by atoms with Crippen molar-refractivity contribution < 1.29 is 19.4 Å². The number of hydrogen-bond donors (Lipinski definition) is 1. The van der Waals surface area contributed by atoms with Gasteiger partial charge in [0.2, 0.25) is 0 Å². The first-order valence-corrected chi connectivity index (χ1v) is 7.63. The van der Waals surface area contributed by atoms with Gasteiger partial charge in [0, 0.05) is 12.6 Å². The Labute approximate surface area is 131 Å². The molecule has 2 rings (SSSR count). The van der Waals surface area contributed by atoms with Crippen molar-refractivity contribution in [1.29, 1.82) is 0 Å². The van der Waals surface area contributed by atoms with Crippen molar-refractivity contribution in [1.82, 2.24) is 4.90 Å². The topological polar surface area (TPSA) is 59.0 Å². The van der Waals surface area contributed by atoms with Gasteiger partial charge in [-0.1, -0.05) is 12.5 Å². The number of ether oxygens (including phenoxy) is 2. The highest BCUT2D eigenvalue weighted by Gasteiger charge is 2.11. The van der Waals surface area contributed by atoms with Crippen LogP contribution in [0.15, 0.2) is 24.3 Å². The molecule has 22 heavy (non-hydrogen) atoms. The molecule has 0 amide bonds. The molecule has 0 aliphatic carbocycles. The van der Waals surface area contributed by atoms with Gasteiger partial charge in [0.15, 0.2) is 11.5 Å². The third kappa shape index (κ3) is 5.07. The second kappa shape index (κ2) is 8.44. The van der Waals surface area contributed by atoms with Gasteiger partial charge in [0.05, 0.1) is 7.11 Å². The second-order valence-corrected chi connectivity index (χ2v) is 5.33. The highest BCUT2D eigenvalue weighted by molar-refractivity contribution is 5.85. The molecular weight excluding hydrogens is 282 g/mol. The Balaban J connectivity index is 1.94. The van der Waals surface area contributed by atoms with Crippen molar-refractivity contribution in [3.8, 4) is 11.5 Å². The van der Waals surface area contributed by atoms with Gasteiger partial charge in [0.1, 0.15) is 6.61 Å². The summed E-state index contributed by atoms with van der Waals surface area (Å²) in [5.41, 5.74) is 0.774. The predicted octanol–water partition coefficient (Wildman–Crippen LogP) is 2.66. The average Bonchev–Trinajstić information content (AvgIpc) is 2.54. The quantitative estimate of drug-likeness (QED) is 0.785. The first-order valence-electron chi connectivity index (χ1n) is 7.63. The average molecular weight is 305 g/mol. The summed E-state index contributed by atoms with van der Waals surface area (Å²) in [6, 6.07) is 5.39. The van der Waals surface area contributed by atoms with E-state index in [4.69, 9.17) is 14.6 Å². The first-order chi connectivity index (χ1) is 10.7. The van der Waals surface area contributed by atoms with Crippen LogP contribution < -0.4 is 9.47 Å². The molecule has 1 aliphatic heterocycles. The number of likely N-dealkylation sites (tertiary alicyclic amines) is 1. The zero-order valence-electron chi connectivity index (χ0n) is 13.0. The van der Waals surface area contributed by atoms with Crippen molar-refractivity contribution in [3.05, 3.63) is 29.8 Å². The smallest absolute Gasteiger partial charge is 0.328 e. The van der Waals surface area contributed by atoms with E-state index in [9.17, 15) is 4.79 Å². The van der Waals surface area contributed by atoms with Crippen LogP contribution in [0, 0.1) is 0 Å². The molecule has 0 aromatic heterocycles. The molecule has 0 saturated carbocycles. The van der Waals surface area contributed by atoms with Crippen molar-refractivity contribution >= 4 is 12.0 Å². The number of carboxylic acid groups (broad SMARTS) is 1. The lowest BCUT2D eigenvalue weighted by Crippen LogP contribution is -2.33. The van der Waals surface area contributed by atoms with E-state index in [2.05, 4.69) is 4.90 Å². The third-order valence-electron chi connectivity index (χ3n) is 3.72. The molecule has 0 atom stereocenters. The molecule has 0 radical (unpaired) electrons. The monoisotopic (exact) mass is 305 g/mol. The maximum atomic E-state index is 10.6. The molecular formula is C17H23NO4. The lowest BCUT2D eigenvalue weighted by Gasteiger charge is -2.26. The number of piperidine rings is 1. The fourth-order valence-corrected chi connectivity index (χ4v) is 2.54. The van der Waals surface area contributed by atoms with Crippen molar-refractivity contribution in [2.75, 3.05) is 33.4 Å². The zero-order valence-corrected chi connectivity index (χ0v) is 13.0. The Morgan fingerprint density at radius 1 is 1.27 bits per heavy atom. The van der Waals surface area contributed by atoms with E-state index in [0.29, 0.717) is 18.1 Å². The van der Waals surface area contributed by atoms with Crippen LogP contribution in [-0.4, -0.2) is 49.3 Å². The third-order valence-corrected chi connectivity index (χ3v) is 3.72. The summed E-state index contributed by atoms with van der Waals surface area (Å²) in [4.78, 5) is 13.0. The summed E-state index contributed by atoms with van der Waals surface area (Å²) in [5, 5.41) is 8.68. The number of methoxy groups -OCH3 is 1. The number of hydrogen-bond acceptors (Lipinski definition) is 4. The summed E-state index contributed by atoms with van der Waals surface area (Å²) in [6.45, 7) is 3.78. The van der Waals surface area contributed by atoms with Gasteiger partial charge in [-0.3, -0.25) is 4.90 Å². The van der Waals surface area contributed by atoms with Gasteiger partial charge in [0.25, 0.3) is 0 Å². The minimum Gasteiger partial charge on any atom is -0.493 e. The van der Waals surface area contributed by atoms with E-state index in [1.54, 1.807) is 31.4 Å². The van der Waals surface area contributed by atoms with Crippen LogP contribution in [-0.2, 0) is 4.79 Å². The molecule has 1 aromatic rings. The van der Waals surface area contributed by atoms with E-state index >= 15 is 0 Å². The minimum absolute atomic E-state index is 0.600. The molecule has 0 spiro atoms. The molecule has 1 N–H and O–H groups in total. The van der Waals surface area contributed by atoms with Gasteiger partial charge >= 0.3 is 5.97 Å². The van der Waals surface area contributed by atoms with E-state index in [1.807, 2.05) is 0 Å². The number of aliphatic carboxylic acids is 1. The number of carboxylic acids is 1. The van der Waals surface area contributed by atoms with E-state index in [-0.39, 0.29) is 0 Å². The largest absolute Gasteiger partial charge is 0.493 e. The van der Waals surface area contributed by atoms with Crippen molar-refractivity contribution in [3.63, 3.8) is 0 Å². The van der Waals surface area contributed by atoms with Crippen LogP contribution in [0.4, 0.5) is 0 Å². The number of carbonyl (C=O) groups is 1. The van der Waals surface area contributed by atoms with Crippen LogP contribution in [0.3, 0.4) is 0 Å². The maximum absolute atomic E-state index is 10.6. The summed E-state index contributed by atoms with van der Waals surface area (Å²) in [6.07, 6.45) is 6.50. The van der Waals surface area contributed by atoms with Crippen molar-refractivity contribution in [2.45, 2.75) is 19.3 Å². The summed E-state index contributed by atoms with van der Waals surface area (Å²) >= 11 is 0. The molecule has 1 saturated heterocycles. The van der Waals surface area contributed by atoms with Crippen LogP contribution in [0.1, 0.15) is 24.8 Å². The van der Waals surface area contributed by atoms with E-state index in [0.717, 1.165) is 31.3 Å². The Kier molecular flexibility index (Phi) is 6.27. The molecule has 1 fully saturated rings. The number of benzene rings is 1. The van der Waals surface area contributed by atoms with E-state index in [1.165, 1.54) is 19.3 Å². The normalized spacial score (nSPS) is 15.9. The molecule has 0 bridgehead atoms. The lowest BCUT2D eigenvalue weighted by atomic mass is 10.1. The molecule has 1 aliphatic rings. The van der Waals surface area contributed by atoms with Crippen LogP contribution in [0.5, 0.6) is 11.5 Å².